The van der Waals surface area contributed by atoms with Crippen LogP contribution in [-0.2, 0) is 16.1 Å². The van der Waals surface area contributed by atoms with Crippen molar-refractivity contribution in [3.05, 3.63) is 29.8 Å². The zero-order chi connectivity index (χ0) is 15.4. The summed E-state index contributed by atoms with van der Waals surface area (Å²) < 4.78 is 0. The molecule has 114 valence electrons. The lowest BCUT2D eigenvalue weighted by Crippen LogP contribution is -2.43. The van der Waals surface area contributed by atoms with Gasteiger partial charge in [0.1, 0.15) is 0 Å². The third-order valence-corrected chi connectivity index (χ3v) is 3.79. The Morgan fingerprint density at radius 3 is 2.81 bits per heavy atom. The lowest BCUT2D eigenvalue weighted by atomic mass is 10.1. The Morgan fingerprint density at radius 1 is 1.38 bits per heavy atom. The minimum atomic E-state index is -0.207. The number of hydrogen-bond donors (Lipinski definition) is 1. The third-order valence-electron chi connectivity index (χ3n) is 3.79. The number of fused-ring (bicyclic) bond motifs is 1. The predicted molar refractivity (Wildman–Crippen MR) is 83.0 cm³/mol. The number of rotatable bonds is 4. The highest BCUT2D eigenvalue weighted by molar-refractivity contribution is 5.98. The van der Waals surface area contributed by atoms with Gasteiger partial charge in [-0.15, -0.1) is 0 Å². The summed E-state index contributed by atoms with van der Waals surface area (Å²) in [5, 5.41) is 3.23. The first-order valence-corrected chi connectivity index (χ1v) is 7.33. The molecule has 0 spiro atoms. The molecule has 0 bridgehead atoms. The number of carbonyl (C=O) groups is 2. The Kier molecular flexibility index (Phi) is 4.96. The first-order valence-electron chi connectivity index (χ1n) is 7.33. The second-order valence-electron chi connectivity index (χ2n) is 5.61. The number of nitrogens with zero attached hydrogens (tertiary/aromatic N) is 2. The fourth-order valence-electron chi connectivity index (χ4n) is 2.47. The van der Waals surface area contributed by atoms with Gasteiger partial charge in [-0.2, -0.15) is 0 Å². The molecule has 1 aromatic carbocycles. The Bertz CT molecular complexity index is 528. The van der Waals surface area contributed by atoms with Crippen molar-refractivity contribution in [2.24, 2.45) is 0 Å². The van der Waals surface area contributed by atoms with Crippen LogP contribution in [0, 0.1) is 0 Å². The van der Waals surface area contributed by atoms with Gasteiger partial charge in [-0.25, -0.2) is 0 Å². The average Bonchev–Trinajstić information content (AvgIpc) is 2.59. The molecule has 0 saturated carbocycles. The molecule has 1 heterocycles. The lowest BCUT2D eigenvalue weighted by molar-refractivity contribution is -0.129. The summed E-state index contributed by atoms with van der Waals surface area (Å²) >= 11 is 0. The lowest BCUT2D eigenvalue weighted by Gasteiger charge is -2.24. The molecule has 0 fully saturated rings. The Balaban J connectivity index is 2.11. The first-order chi connectivity index (χ1) is 10.0. The maximum Gasteiger partial charge on any atom is 0.243 e. The maximum atomic E-state index is 12.5. The quantitative estimate of drug-likeness (QED) is 0.911. The van der Waals surface area contributed by atoms with Gasteiger partial charge in [-0.1, -0.05) is 18.2 Å². The van der Waals surface area contributed by atoms with E-state index < -0.39 is 0 Å². The number of nitrogens with one attached hydrogen (secondary N) is 1. The van der Waals surface area contributed by atoms with Crippen LogP contribution in [0.4, 0.5) is 5.69 Å². The van der Waals surface area contributed by atoms with Crippen LogP contribution >= 0.6 is 0 Å². The maximum absolute atomic E-state index is 12.5. The van der Waals surface area contributed by atoms with Crippen LogP contribution in [0.2, 0.25) is 0 Å². The normalized spacial score (nSPS) is 18.1. The molecule has 0 radical (unpaired) electrons. The second kappa shape index (κ2) is 6.72. The number of anilines is 1. The van der Waals surface area contributed by atoms with E-state index in [9.17, 15) is 9.59 Å². The summed E-state index contributed by atoms with van der Waals surface area (Å²) in [5.41, 5.74) is 2.07. The topological polar surface area (TPSA) is 52.7 Å². The van der Waals surface area contributed by atoms with Crippen molar-refractivity contribution in [1.29, 1.82) is 0 Å². The fraction of sp³-hybridized carbons (Fsp3) is 0.500. The van der Waals surface area contributed by atoms with Crippen LogP contribution in [0.15, 0.2) is 24.3 Å². The molecule has 0 saturated heterocycles. The zero-order valence-corrected chi connectivity index (χ0v) is 12.9. The number of amides is 2. The summed E-state index contributed by atoms with van der Waals surface area (Å²) in [4.78, 5) is 27.5. The monoisotopic (exact) mass is 289 g/mol. The molecule has 5 nitrogen and oxygen atoms in total. The molecule has 1 N–H and O–H groups in total. The number of hydrogen-bond acceptors (Lipinski definition) is 3. The van der Waals surface area contributed by atoms with Crippen LogP contribution in [0.3, 0.4) is 0 Å². The third kappa shape index (κ3) is 3.61. The van der Waals surface area contributed by atoms with Crippen LogP contribution in [0.1, 0.15) is 25.3 Å². The van der Waals surface area contributed by atoms with E-state index in [1.165, 1.54) is 0 Å². The number of para-hydroxylation sites is 1. The zero-order valence-electron chi connectivity index (χ0n) is 12.9. The first kappa shape index (κ1) is 15.5. The van der Waals surface area contributed by atoms with Gasteiger partial charge in [0.2, 0.25) is 11.8 Å². The van der Waals surface area contributed by atoms with Gasteiger partial charge < -0.3 is 15.1 Å². The van der Waals surface area contributed by atoms with Gasteiger partial charge in [0.25, 0.3) is 0 Å². The number of carbonyl (C=O) groups excluding carboxylic acids is 2. The van der Waals surface area contributed by atoms with E-state index in [4.69, 9.17) is 0 Å². The van der Waals surface area contributed by atoms with Crippen molar-refractivity contribution in [3.8, 4) is 0 Å². The summed E-state index contributed by atoms with van der Waals surface area (Å²) in [6.45, 7) is 3.14. The molecule has 0 aromatic heterocycles. The standard InChI is InChI=1S/C16H23N3O2/c1-12-16(21)19(10-6-9-15(20)18(2)3)14-8-5-4-7-13(14)11-17-12/h4-5,7-8,12,17H,6,9-11H2,1-3H3. The van der Waals surface area contributed by atoms with E-state index in [-0.39, 0.29) is 17.9 Å². The van der Waals surface area contributed by atoms with Gasteiger partial charge in [0.15, 0.2) is 0 Å². The van der Waals surface area contributed by atoms with Gasteiger partial charge >= 0.3 is 0 Å². The Morgan fingerprint density at radius 2 is 2.10 bits per heavy atom. The van der Waals surface area contributed by atoms with Crippen molar-refractivity contribution in [3.63, 3.8) is 0 Å². The smallest absolute Gasteiger partial charge is 0.243 e. The van der Waals surface area contributed by atoms with Crippen molar-refractivity contribution in [2.75, 3.05) is 25.5 Å². The molecule has 1 atom stereocenters. The SMILES string of the molecule is CC1NCc2ccccc2N(CCCC(=O)N(C)C)C1=O. The van der Waals surface area contributed by atoms with Crippen molar-refractivity contribution in [2.45, 2.75) is 32.4 Å². The van der Waals surface area contributed by atoms with Gasteiger partial charge in [0.05, 0.1) is 6.04 Å². The summed E-state index contributed by atoms with van der Waals surface area (Å²) in [6, 6.07) is 7.73. The molecule has 2 amide bonds. The fourth-order valence-corrected chi connectivity index (χ4v) is 2.47. The molecule has 1 unspecified atom stereocenters. The van der Waals surface area contributed by atoms with E-state index >= 15 is 0 Å². The van der Waals surface area contributed by atoms with Gasteiger partial charge in [-0.3, -0.25) is 9.59 Å². The molecule has 0 aliphatic carbocycles. The summed E-state index contributed by atoms with van der Waals surface area (Å²) in [5.74, 6) is 0.161. The molecular weight excluding hydrogens is 266 g/mol. The predicted octanol–water partition coefficient (Wildman–Crippen LogP) is 1.38. The van der Waals surface area contributed by atoms with Crippen LogP contribution < -0.4 is 10.2 Å². The van der Waals surface area contributed by atoms with Gasteiger partial charge in [-0.05, 0) is 25.0 Å². The highest BCUT2D eigenvalue weighted by Crippen LogP contribution is 2.24. The molecule has 1 aliphatic rings. The van der Waals surface area contributed by atoms with Gasteiger partial charge in [0, 0.05) is 39.3 Å². The average molecular weight is 289 g/mol. The molecule has 1 aliphatic heterocycles. The van der Waals surface area contributed by atoms with Crippen LogP contribution in [0.25, 0.3) is 0 Å². The molecule has 2 rings (SSSR count). The van der Waals surface area contributed by atoms with Crippen molar-refractivity contribution < 1.29 is 9.59 Å². The minimum absolute atomic E-state index is 0.0669. The Labute approximate surface area is 125 Å². The second-order valence-corrected chi connectivity index (χ2v) is 5.61. The van der Waals surface area contributed by atoms with Crippen molar-refractivity contribution >= 4 is 17.5 Å². The van der Waals surface area contributed by atoms with Crippen molar-refractivity contribution in [1.82, 2.24) is 10.2 Å². The summed E-state index contributed by atoms with van der Waals surface area (Å²) in [7, 11) is 3.50. The highest BCUT2D eigenvalue weighted by atomic mass is 16.2. The van der Waals surface area contributed by atoms with E-state index in [0.717, 1.165) is 11.3 Å². The van der Waals surface area contributed by atoms with E-state index in [1.807, 2.05) is 36.1 Å². The molecule has 21 heavy (non-hydrogen) atoms. The molecule has 1 aromatic rings. The van der Waals surface area contributed by atoms with Crippen LogP contribution in [0.5, 0.6) is 0 Å². The summed E-state index contributed by atoms with van der Waals surface area (Å²) in [6.07, 6.45) is 1.13. The minimum Gasteiger partial charge on any atom is -0.349 e. The van der Waals surface area contributed by atoms with E-state index in [2.05, 4.69) is 5.32 Å². The molecular formula is C16H23N3O2. The van der Waals surface area contributed by atoms with Crippen LogP contribution in [-0.4, -0.2) is 43.4 Å². The Hall–Kier alpha value is -1.88. The van der Waals surface area contributed by atoms with E-state index in [0.29, 0.717) is 25.9 Å². The highest BCUT2D eigenvalue weighted by Gasteiger charge is 2.26. The number of benzene rings is 1. The largest absolute Gasteiger partial charge is 0.349 e. The van der Waals surface area contributed by atoms with E-state index in [1.54, 1.807) is 19.0 Å². The molecule has 5 heteroatoms.